The van der Waals surface area contributed by atoms with Crippen molar-refractivity contribution in [2.75, 3.05) is 6.54 Å². The molecule has 0 atom stereocenters. The molecule has 0 aliphatic heterocycles. The molecule has 1 rings (SSSR count). The summed E-state index contributed by atoms with van der Waals surface area (Å²) in [4.78, 5) is 14.3. The second-order valence-corrected chi connectivity index (χ2v) is 2.61. The van der Waals surface area contributed by atoms with Gasteiger partial charge in [-0.1, -0.05) is 6.07 Å². The maximum atomic E-state index is 10.3. The lowest BCUT2D eigenvalue weighted by molar-refractivity contribution is 0.260. The minimum absolute atomic E-state index is 0.522. The molecule has 0 fully saturated rings. The quantitative estimate of drug-likeness (QED) is 0.573. The Labute approximate surface area is 75.8 Å². The first kappa shape index (κ1) is 9.00. The minimum atomic E-state index is -0.522. The number of hydrogen-bond acceptors (Lipinski definition) is 2. The molecule has 0 bridgehead atoms. The highest BCUT2D eigenvalue weighted by atomic mass is 35.5. The number of nitrogens with one attached hydrogen (secondary N) is 1. The molecule has 0 unspecified atom stereocenters. The van der Waals surface area contributed by atoms with E-state index in [0.29, 0.717) is 13.0 Å². The van der Waals surface area contributed by atoms with Crippen LogP contribution < -0.4 is 5.32 Å². The van der Waals surface area contributed by atoms with Gasteiger partial charge in [-0.15, -0.1) is 0 Å². The van der Waals surface area contributed by atoms with Crippen molar-refractivity contribution in [3.8, 4) is 0 Å². The fourth-order valence-electron chi connectivity index (χ4n) is 0.835. The third-order valence-corrected chi connectivity index (χ3v) is 1.50. The molecular weight excluding hydrogens is 176 g/mol. The van der Waals surface area contributed by atoms with E-state index < -0.39 is 5.37 Å². The zero-order valence-corrected chi connectivity index (χ0v) is 7.21. The predicted octanol–water partition coefficient (Wildman–Crippen LogP) is 1.57. The third kappa shape index (κ3) is 3.34. The van der Waals surface area contributed by atoms with Crippen LogP contribution in [0.4, 0.5) is 4.79 Å². The number of carbonyl (C=O) groups is 1. The first-order chi connectivity index (χ1) is 5.79. The monoisotopic (exact) mass is 184 g/mol. The van der Waals surface area contributed by atoms with E-state index in [1.54, 1.807) is 6.20 Å². The van der Waals surface area contributed by atoms with Gasteiger partial charge in [-0.2, -0.15) is 0 Å². The molecule has 0 saturated heterocycles. The Bertz CT molecular complexity index is 250. The Kier molecular flexibility index (Phi) is 3.54. The Morgan fingerprint density at radius 3 is 3.00 bits per heavy atom. The van der Waals surface area contributed by atoms with E-state index in [-0.39, 0.29) is 0 Å². The van der Waals surface area contributed by atoms with Crippen LogP contribution in [0.1, 0.15) is 5.69 Å². The third-order valence-electron chi connectivity index (χ3n) is 1.37. The number of nitrogens with zero attached hydrogens (tertiary/aromatic N) is 1. The summed E-state index contributed by atoms with van der Waals surface area (Å²) < 4.78 is 0. The summed E-state index contributed by atoms with van der Waals surface area (Å²) in [6.07, 6.45) is 2.43. The minimum Gasteiger partial charge on any atom is -0.342 e. The molecule has 4 heteroatoms. The number of aromatic nitrogens is 1. The van der Waals surface area contributed by atoms with Crippen LogP contribution in [0.3, 0.4) is 0 Å². The summed E-state index contributed by atoms with van der Waals surface area (Å²) in [7, 11) is 0. The Morgan fingerprint density at radius 2 is 2.42 bits per heavy atom. The molecule has 0 spiro atoms. The molecule has 3 nitrogen and oxygen atoms in total. The lowest BCUT2D eigenvalue weighted by atomic mass is 10.3. The number of pyridine rings is 1. The maximum Gasteiger partial charge on any atom is 0.313 e. The number of carbonyl (C=O) groups excluding carboxylic acids is 1. The van der Waals surface area contributed by atoms with Crippen LogP contribution in [-0.4, -0.2) is 16.9 Å². The van der Waals surface area contributed by atoms with Crippen LogP contribution >= 0.6 is 11.6 Å². The lowest BCUT2D eigenvalue weighted by Gasteiger charge is -1.99. The van der Waals surface area contributed by atoms with E-state index in [1.165, 1.54) is 0 Å². The first-order valence-corrected chi connectivity index (χ1v) is 4.00. The van der Waals surface area contributed by atoms with Gasteiger partial charge in [0.25, 0.3) is 0 Å². The summed E-state index contributed by atoms with van der Waals surface area (Å²) in [5.41, 5.74) is 0.947. The van der Waals surface area contributed by atoms with Gasteiger partial charge in [-0.25, -0.2) is 0 Å². The standard InChI is InChI=1S/C8H9ClN2O/c9-8(12)11-6-4-7-3-1-2-5-10-7/h1-3,5H,4,6H2,(H,11,12). The van der Waals surface area contributed by atoms with Gasteiger partial charge in [0, 0.05) is 24.9 Å². The normalized spacial score (nSPS) is 9.42. The molecule has 1 N–H and O–H groups in total. The largest absolute Gasteiger partial charge is 0.342 e. The summed E-state index contributed by atoms with van der Waals surface area (Å²) in [6, 6.07) is 5.66. The van der Waals surface area contributed by atoms with Gasteiger partial charge in [0.1, 0.15) is 0 Å². The summed E-state index contributed by atoms with van der Waals surface area (Å²) in [6.45, 7) is 0.527. The molecule has 64 valence electrons. The average molecular weight is 185 g/mol. The summed E-state index contributed by atoms with van der Waals surface area (Å²) >= 11 is 5.07. The van der Waals surface area contributed by atoms with Crippen molar-refractivity contribution >= 4 is 17.0 Å². The fraction of sp³-hybridized carbons (Fsp3) is 0.250. The highest BCUT2D eigenvalue weighted by molar-refractivity contribution is 6.62. The van der Waals surface area contributed by atoms with Crippen molar-refractivity contribution in [3.05, 3.63) is 30.1 Å². The first-order valence-electron chi connectivity index (χ1n) is 3.62. The summed E-state index contributed by atoms with van der Waals surface area (Å²) in [5, 5.41) is 1.96. The second-order valence-electron chi connectivity index (χ2n) is 2.27. The van der Waals surface area contributed by atoms with Gasteiger partial charge in [0.15, 0.2) is 0 Å². The number of amides is 1. The van der Waals surface area contributed by atoms with Crippen LogP contribution in [0.5, 0.6) is 0 Å². The molecule has 0 aliphatic carbocycles. The smallest absolute Gasteiger partial charge is 0.313 e. The highest BCUT2D eigenvalue weighted by Gasteiger charge is 1.94. The van der Waals surface area contributed by atoms with E-state index >= 15 is 0 Å². The maximum absolute atomic E-state index is 10.3. The molecule has 1 aromatic rings. The molecule has 12 heavy (non-hydrogen) atoms. The molecule has 1 heterocycles. The van der Waals surface area contributed by atoms with Crippen molar-refractivity contribution < 1.29 is 4.79 Å². The number of halogens is 1. The molecule has 0 aromatic carbocycles. The van der Waals surface area contributed by atoms with E-state index in [4.69, 9.17) is 11.6 Å². The van der Waals surface area contributed by atoms with Crippen LogP contribution in [-0.2, 0) is 6.42 Å². The van der Waals surface area contributed by atoms with Crippen molar-refractivity contribution in [1.82, 2.24) is 10.3 Å². The van der Waals surface area contributed by atoms with Gasteiger partial charge >= 0.3 is 5.37 Å². The predicted molar refractivity (Wildman–Crippen MR) is 47.2 cm³/mol. The van der Waals surface area contributed by atoms with Crippen molar-refractivity contribution in [1.29, 1.82) is 0 Å². The van der Waals surface area contributed by atoms with Crippen molar-refractivity contribution in [3.63, 3.8) is 0 Å². The Morgan fingerprint density at radius 1 is 1.58 bits per heavy atom. The van der Waals surface area contributed by atoms with E-state index in [0.717, 1.165) is 5.69 Å². The Hall–Kier alpha value is -1.09. The van der Waals surface area contributed by atoms with Crippen LogP contribution in [0.25, 0.3) is 0 Å². The SMILES string of the molecule is O=C(Cl)NCCc1ccccn1. The van der Waals surface area contributed by atoms with E-state index in [2.05, 4.69) is 10.3 Å². The van der Waals surface area contributed by atoms with Gasteiger partial charge in [-0.05, 0) is 23.7 Å². The zero-order chi connectivity index (χ0) is 8.81. The lowest BCUT2D eigenvalue weighted by Crippen LogP contribution is -2.19. The molecule has 0 aliphatic rings. The van der Waals surface area contributed by atoms with Gasteiger partial charge in [-0.3, -0.25) is 9.78 Å². The molecule has 0 saturated carbocycles. The van der Waals surface area contributed by atoms with Crippen molar-refractivity contribution in [2.24, 2.45) is 0 Å². The van der Waals surface area contributed by atoms with Crippen molar-refractivity contribution in [2.45, 2.75) is 6.42 Å². The van der Waals surface area contributed by atoms with Crippen LogP contribution in [0, 0.1) is 0 Å². The van der Waals surface area contributed by atoms with Crippen LogP contribution in [0.2, 0.25) is 0 Å². The molecule has 1 aromatic heterocycles. The second kappa shape index (κ2) is 4.72. The number of rotatable bonds is 3. The van der Waals surface area contributed by atoms with Crippen LogP contribution in [0.15, 0.2) is 24.4 Å². The van der Waals surface area contributed by atoms with E-state index in [9.17, 15) is 4.79 Å². The average Bonchev–Trinajstić information content (AvgIpc) is 2.05. The molecule has 1 amide bonds. The number of hydrogen-bond donors (Lipinski definition) is 1. The summed E-state index contributed by atoms with van der Waals surface area (Å²) in [5.74, 6) is 0. The Balaban J connectivity index is 2.29. The van der Waals surface area contributed by atoms with Gasteiger partial charge in [0.2, 0.25) is 0 Å². The van der Waals surface area contributed by atoms with Gasteiger partial charge in [0.05, 0.1) is 0 Å². The molecule has 0 radical (unpaired) electrons. The highest BCUT2D eigenvalue weighted by Crippen LogP contribution is 1.93. The fourth-order valence-corrected chi connectivity index (χ4v) is 0.929. The van der Waals surface area contributed by atoms with E-state index in [1.807, 2.05) is 18.2 Å². The zero-order valence-electron chi connectivity index (χ0n) is 6.46. The van der Waals surface area contributed by atoms with Gasteiger partial charge < -0.3 is 5.32 Å². The topological polar surface area (TPSA) is 42.0 Å². The molecular formula is C8H9ClN2O.